The second kappa shape index (κ2) is 5.75. The third kappa shape index (κ3) is 3.59. The van der Waals surface area contributed by atoms with E-state index in [0.717, 1.165) is 12.8 Å². The summed E-state index contributed by atoms with van der Waals surface area (Å²) >= 11 is 0. The fraction of sp³-hybridized carbons (Fsp3) is 0.700. The number of nitrogens with zero attached hydrogens (tertiary/aromatic N) is 2. The Labute approximate surface area is 79.4 Å². The van der Waals surface area contributed by atoms with E-state index < -0.39 is 0 Å². The number of unbranched alkanes of at least 4 members (excludes halogenated alkanes) is 3. The van der Waals surface area contributed by atoms with E-state index in [1.807, 2.05) is 0 Å². The zero-order valence-corrected chi connectivity index (χ0v) is 8.19. The van der Waals surface area contributed by atoms with E-state index in [0.29, 0.717) is 0 Å². The predicted molar refractivity (Wildman–Crippen MR) is 52.2 cm³/mol. The van der Waals surface area contributed by atoms with Gasteiger partial charge in [-0.2, -0.15) is 0 Å². The van der Waals surface area contributed by atoms with Crippen LogP contribution in [-0.2, 0) is 0 Å². The summed E-state index contributed by atoms with van der Waals surface area (Å²) < 4.78 is 1.74. The molecule has 13 heavy (non-hydrogen) atoms. The van der Waals surface area contributed by atoms with Gasteiger partial charge >= 0.3 is 0 Å². The van der Waals surface area contributed by atoms with E-state index in [1.165, 1.54) is 19.3 Å². The molecule has 0 amide bonds. The zero-order chi connectivity index (χ0) is 9.52. The number of aliphatic hydroxyl groups excluding tert-OH is 1. The Morgan fingerprint density at radius 3 is 2.85 bits per heavy atom. The molecule has 1 unspecified atom stereocenters. The molecule has 0 aromatic carbocycles. The Bertz CT molecular complexity index is 209. The third-order valence-corrected chi connectivity index (χ3v) is 2.18. The first kappa shape index (κ1) is 10.3. The second-order valence-electron chi connectivity index (χ2n) is 3.34. The molecule has 1 atom stereocenters. The van der Waals surface area contributed by atoms with Gasteiger partial charge in [0.25, 0.3) is 0 Å². The van der Waals surface area contributed by atoms with Gasteiger partial charge in [-0.15, -0.1) is 0 Å². The molecule has 1 heterocycles. The van der Waals surface area contributed by atoms with Gasteiger partial charge in [0.1, 0.15) is 6.23 Å². The highest BCUT2D eigenvalue weighted by atomic mass is 16.3. The molecule has 0 radical (unpaired) electrons. The van der Waals surface area contributed by atoms with Crippen molar-refractivity contribution in [3.05, 3.63) is 18.7 Å². The molecule has 0 fully saturated rings. The molecule has 0 bridgehead atoms. The summed E-state index contributed by atoms with van der Waals surface area (Å²) in [5.41, 5.74) is 0. The molecule has 1 rings (SSSR count). The van der Waals surface area contributed by atoms with Gasteiger partial charge in [-0.25, -0.2) is 4.98 Å². The first-order valence-corrected chi connectivity index (χ1v) is 5.00. The van der Waals surface area contributed by atoms with Crippen LogP contribution < -0.4 is 0 Å². The number of hydrogen-bond acceptors (Lipinski definition) is 2. The topological polar surface area (TPSA) is 38.0 Å². The summed E-state index contributed by atoms with van der Waals surface area (Å²) in [6.07, 6.45) is 10.4. The SMILES string of the molecule is CCCCCCC(O)n1ccnc1. The minimum absolute atomic E-state index is 0.389. The molecule has 0 saturated heterocycles. The van der Waals surface area contributed by atoms with Crippen LogP contribution in [0.3, 0.4) is 0 Å². The number of rotatable bonds is 6. The predicted octanol–water partition coefficient (Wildman–Crippen LogP) is 2.34. The van der Waals surface area contributed by atoms with Gasteiger partial charge < -0.3 is 9.67 Å². The van der Waals surface area contributed by atoms with Crippen molar-refractivity contribution in [1.29, 1.82) is 0 Å². The number of imidazole rings is 1. The van der Waals surface area contributed by atoms with Crippen LogP contribution in [0.2, 0.25) is 0 Å². The van der Waals surface area contributed by atoms with Crippen LogP contribution in [0.4, 0.5) is 0 Å². The molecule has 3 nitrogen and oxygen atoms in total. The van der Waals surface area contributed by atoms with Gasteiger partial charge in [-0.3, -0.25) is 0 Å². The zero-order valence-electron chi connectivity index (χ0n) is 8.19. The first-order valence-electron chi connectivity index (χ1n) is 5.00. The first-order chi connectivity index (χ1) is 6.34. The van der Waals surface area contributed by atoms with Crippen LogP contribution >= 0.6 is 0 Å². The quantitative estimate of drug-likeness (QED) is 0.686. The Balaban J connectivity index is 2.15. The standard InChI is InChI=1S/C10H18N2O/c1-2-3-4-5-6-10(13)12-8-7-11-9-12/h7-10,13H,2-6H2,1H3. The van der Waals surface area contributed by atoms with Crippen molar-refractivity contribution in [2.24, 2.45) is 0 Å². The van der Waals surface area contributed by atoms with Gasteiger partial charge in [-0.1, -0.05) is 26.2 Å². The van der Waals surface area contributed by atoms with Crippen LogP contribution in [0.25, 0.3) is 0 Å². The molecule has 1 N–H and O–H groups in total. The maximum Gasteiger partial charge on any atom is 0.131 e. The Kier molecular flexibility index (Phi) is 4.54. The average molecular weight is 182 g/mol. The van der Waals surface area contributed by atoms with Crippen molar-refractivity contribution in [3.8, 4) is 0 Å². The molecule has 1 aromatic heterocycles. The van der Waals surface area contributed by atoms with Crippen molar-refractivity contribution in [1.82, 2.24) is 9.55 Å². The van der Waals surface area contributed by atoms with Gasteiger partial charge in [0.2, 0.25) is 0 Å². The highest BCUT2D eigenvalue weighted by molar-refractivity contribution is 4.76. The Hall–Kier alpha value is -0.830. The number of aliphatic hydroxyl groups is 1. The lowest BCUT2D eigenvalue weighted by Gasteiger charge is -2.10. The minimum atomic E-state index is -0.389. The Morgan fingerprint density at radius 1 is 1.38 bits per heavy atom. The molecule has 3 heteroatoms. The number of aromatic nitrogens is 2. The number of hydrogen-bond donors (Lipinski definition) is 1. The lowest BCUT2D eigenvalue weighted by Crippen LogP contribution is -2.05. The summed E-state index contributed by atoms with van der Waals surface area (Å²) in [6.45, 7) is 2.19. The van der Waals surface area contributed by atoms with Gasteiger partial charge in [0.15, 0.2) is 0 Å². The molecule has 0 aliphatic rings. The van der Waals surface area contributed by atoms with E-state index in [-0.39, 0.29) is 6.23 Å². The monoisotopic (exact) mass is 182 g/mol. The van der Waals surface area contributed by atoms with Crippen molar-refractivity contribution in [2.75, 3.05) is 0 Å². The summed E-state index contributed by atoms with van der Waals surface area (Å²) in [6, 6.07) is 0. The molecular weight excluding hydrogens is 164 g/mol. The van der Waals surface area contributed by atoms with E-state index >= 15 is 0 Å². The fourth-order valence-electron chi connectivity index (χ4n) is 1.35. The maximum absolute atomic E-state index is 9.63. The molecule has 0 saturated carbocycles. The maximum atomic E-state index is 9.63. The highest BCUT2D eigenvalue weighted by Gasteiger charge is 2.03. The largest absolute Gasteiger partial charge is 0.373 e. The average Bonchev–Trinajstić information content (AvgIpc) is 2.65. The highest BCUT2D eigenvalue weighted by Crippen LogP contribution is 2.12. The van der Waals surface area contributed by atoms with Crippen LogP contribution in [-0.4, -0.2) is 14.7 Å². The van der Waals surface area contributed by atoms with Crippen molar-refractivity contribution >= 4 is 0 Å². The van der Waals surface area contributed by atoms with Gasteiger partial charge in [-0.05, 0) is 12.8 Å². The molecule has 1 aromatic rings. The molecule has 0 aliphatic heterocycles. The Morgan fingerprint density at radius 2 is 2.23 bits per heavy atom. The summed E-state index contributed by atoms with van der Waals surface area (Å²) in [5, 5.41) is 9.63. The molecule has 0 spiro atoms. The molecule has 74 valence electrons. The summed E-state index contributed by atoms with van der Waals surface area (Å²) in [7, 11) is 0. The third-order valence-electron chi connectivity index (χ3n) is 2.18. The van der Waals surface area contributed by atoms with Crippen LogP contribution in [0.5, 0.6) is 0 Å². The van der Waals surface area contributed by atoms with Crippen molar-refractivity contribution in [2.45, 2.75) is 45.3 Å². The summed E-state index contributed by atoms with van der Waals surface area (Å²) in [4.78, 5) is 3.89. The fourth-order valence-corrected chi connectivity index (χ4v) is 1.35. The summed E-state index contributed by atoms with van der Waals surface area (Å²) in [5.74, 6) is 0. The van der Waals surface area contributed by atoms with Crippen LogP contribution in [0, 0.1) is 0 Å². The second-order valence-corrected chi connectivity index (χ2v) is 3.34. The van der Waals surface area contributed by atoms with E-state index in [9.17, 15) is 5.11 Å². The van der Waals surface area contributed by atoms with E-state index in [4.69, 9.17) is 0 Å². The molecular formula is C10H18N2O. The smallest absolute Gasteiger partial charge is 0.131 e. The van der Waals surface area contributed by atoms with Crippen LogP contribution in [0.1, 0.15) is 45.3 Å². The minimum Gasteiger partial charge on any atom is -0.373 e. The van der Waals surface area contributed by atoms with Gasteiger partial charge in [0, 0.05) is 12.4 Å². The van der Waals surface area contributed by atoms with E-state index in [1.54, 1.807) is 23.3 Å². The van der Waals surface area contributed by atoms with Crippen molar-refractivity contribution < 1.29 is 5.11 Å². The lowest BCUT2D eigenvalue weighted by molar-refractivity contribution is 0.0912. The van der Waals surface area contributed by atoms with Crippen LogP contribution in [0.15, 0.2) is 18.7 Å². The van der Waals surface area contributed by atoms with Crippen molar-refractivity contribution in [3.63, 3.8) is 0 Å². The van der Waals surface area contributed by atoms with E-state index in [2.05, 4.69) is 11.9 Å². The lowest BCUT2D eigenvalue weighted by atomic mass is 10.1. The van der Waals surface area contributed by atoms with Gasteiger partial charge in [0.05, 0.1) is 6.33 Å². The molecule has 0 aliphatic carbocycles. The normalized spacial score (nSPS) is 13.1.